The number of aryl methyl sites for hydroxylation is 1. The number of aliphatic carboxylic acids is 1. The van der Waals surface area contributed by atoms with Crippen LogP contribution in [0.3, 0.4) is 0 Å². The molecule has 2 fully saturated rings. The monoisotopic (exact) mass is 311 g/mol. The number of rotatable bonds is 4. The molecule has 0 bridgehead atoms. The third-order valence-corrected chi connectivity index (χ3v) is 4.77. The third kappa shape index (κ3) is 2.52. The molecule has 2 heterocycles. The second-order valence-electron chi connectivity index (χ2n) is 5.81. The number of carboxylic acids is 1. The van der Waals surface area contributed by atoms with Crippen molar-refractivity contribution >= 4 is 23.5 Å². The van der Waals surface area contributed by atoms with E-state index < -0.39 is 11.9 Å². The van der Waals surface area contributed by atoms with Crippen LogP contribution in [0.15, 0.2) is 6.20 Å². The topological polar surface area (TPSA) is 75.4 Å². The summed E-state index contributed by atoms with van der Waals surface area (Å²) in [6.07, 6.45) is 3.61. The Hall–Kier alpha value is -1.56. The van der Waals surface area contributed by atoms with Gasteiger partial charge in [-0.15, -0.1) is 0 Å². The van der Waals surface area contributed by atoms with E-state index in [1.807, 2.05) is 6.92 Å². The number of carbonyl (C=O) groups excluding carboxylic acids is 1. The molecule has 1 aliphatic heterocycles. The van der Waals surface area contributed by atoms with Gasteiger partial charge in [0.05, 0.1) is 17.1 Å². The first-order valence-electron chi connectivity index (χ1n) is 7.26. The van der Waals surface area contributed by atoms with Crippen LogP contribution in [0.5, 0.6) is 0 Å². The fourth-order valence-corrected chi connectivity index (χ4v) is 3.44. The SMILES string of the molecule is CCn1ncc(Cl)c1C(=O)N1C[C@@H](C(=O)O)[C@H](C2CC2)C1. The molecular formula is C14H18ClN3O3. The van der Waals surface area contributed by atoms with Gasteiger partial charge in [0.2, 0.25) is 0 Å². The molecule has 0 aromatic carbocycles. The maximum Gasteiger partial charge on any atom is 0.308 e. The quantitative estimate of drug-likeness (QED) is 0.919. The molecule has 1 N–H and O–H groups in total. The van der Waals surface area contributed by atoms with Crippen molar-refractivity contribution in [3.05, 3.63) is 16.9 Å². The number of carboxylic acid groups (broad SMARTS) is 1. The maximum absolute atomic E-state index is 12.7. The lowest BCUT2D eigenvalue weighted by molar-refractivity contribution is -0.142. The van der Waals surface area contributed by atoms with Gasteiger partial charge in [-0.05, 0) is 31.6 Å². The van der Waals surface area contributed by atoms with E-state index in [1.54, 1.807) is 9.58 Å². The van der Waals surface area contributed by atoms with Crippen LogP contribution in [0.25, 0.3) is 0 Å². The zero-order chi connectivity index (χ0) is 15.1. The normalized spacial score (nSPS) is 25.3. The minimum absolute atomic E-state index is 0.0724. The summed E-state index contributed by atoms with van der Waals surface area (Å²) in [5, 5.41) is 13.8. The number of hydrogen-bond donors (Lipinski definition) is 1. The van der Waals surface area contributed by atoms with Crippen molar-refractivity contribution in [2.45, 2.75) is 26.3 Å². The van der Waals surface area contributed by atoms with Gasteiger partial charge in [-0.1, -0.05) is 11.6 Å². The second-order valence-corrected chi connectivity index (χ2v) is 6.22. The molecule has 1 aromatic rings. The van der Waals surface area contributed by atoms with Crippen LogP contribution in [-0.4, -0.2) is 44.8 Å². The predicted molar refractivity (Wildman–Crippen MR) is 76.2 cm³/mol. The molecule has 0 spiro atoms. The van der Waals surface area contributed by atoms with Gasteiger partial charge in [-0.2, -0.15) is 5.10 Å². The molecule has 1 saturated carbocycles. The Labute approximate surface area is 127 Å². The molecule has 2 aliphatic rings. The summed E-state index contributed by atoms with van der Waals surface area (Å²) in [5.74, 6) is -0.956. The van der Waals surface area contributed by atoms with Gasteiger partial charge in [0, 0.05) is 19.6 Å². The summed E-state index contributed by atoms with van der Waals surface area (Å²) < 4.78 is 1.56. The van der Waals surface area contributed by atoms with Crippen molar-refractivity contribution in [3.8, 4) is 0 Å². The summed E-state index contributed by atoms with van der Waals surface area (Å²) in [5.41, 5.74) is 0.361. The van der Waals surface area contributed by atoms with Gasteiger partial charge >= 0.3 is 5.97 Å². The van der Waals surface area contributed by atoms with E-state index in [4.69, 9.17) is 11.6 Å². The standard InChI is InChI=1S/C14H18ClN3O3/c1-2-18-12(11(15)5-16-18)13(19)17-6-9(8-3-4-8)10(7-17)14(20)21/h5,8-10H,2-4,6-7H2,1H3,(H,20,21)/t9-,10+/m0/s1. The molecule has 0 radical (unpaired) electrons. The molecule has 3 rings (SSSR count). The van der Waals surface area contributed by atoms with Gasteiger partial charge in [0.25, 0.3) is 5.91 Å². The van der Waals surface area contributed by atoms with E-state index in [0.29, 0.717) is 29.7 Å². The molecular weight excluding hydrogens is 294 g/mol. The highest BCUT2D eigenvalue weighted by Gasteiger charge is 2.47. The molecule has 7 heteroatoms. The molecule has 21 heavy (non-hydrogen) atoms. The first kappa shape index (κ1) is 14.4. The van der Waals surface area contributed by atoms with Crippen molar-refractivity contribution in [3.63, 3.8) is 0 Å². The number of amides is 1. The molecule has 1 aliphatic carbocycles. The van der Waals surface area contributed by atoms with E-state index in [0.717, 1.165) is 12.8 Å². The Balaban J connectivity index is 1.82. The summed E-state index contributed by atoms with van der Waals surface area (Å²) in [4.78, 5) is 25.7. The van der Waals surface area contributed by atoms with Gasteiger partial charge in [-0.25, -0.2) is 0 Å². The fraction of sp³-hybridized carbons (Fsp3) is 0.643. The van der Waals surface area contributed by atoms with Crippen molar-refractivity contribution in [1.29, 1.82) is 0 Å². The summed E-state index contributed by atoms with van der Waals surface area (Å²) >= 11 is 6.06. The first-order chi connectivity index (χ1) is 10.0. The van der Waals surface area contributed by atoms with Gasteiger partial charge in [0.1, 0.15) is 5.69 Å². The number of hydrogen-bond acceptors (Lipinski definition) is 3. The van der Waals surface area contributed by atoms with Crippen molar-refractivity contribution < 1.29 is 14.7 Å². The lowest BCUT2D eigenvalue weighted by Crippen LogP contribution is -2.32. The van der Waals surface area contributed by atoms with Gasteiger partial charge < -0.3 is 10.0 Å². The van der Waals surface area contributed by atoms with Gasteiger partial charge in [0.15, 0.2) is 0 Å². The van der Waals surface area contributed by atoms with E-state index in [9.17, 15) is 14.7 Å². The van der Waals surface area contributed by atoms with Crippen molar-refractivity contribution in [2.75, 3.05) is 13.1 Å². The lowest BCUT2D eigenvalue weighted by Gasteiger charge is -2.17. The van der Waals surface area contributed by atoms with Crippen LogP contribution in [0, 0.1) is 17.8 Å². The summed E-state index contributed by atoms with van der Waals surface area (Å²) in [6.45, 7) is 3.21. The fourth-order valence-electron chi connectivity index (χ4n) is 3.22. The molecule has 1 amide bonds. The Morgan fingerprint density at radius 1 is 1.43 bits per heavy atom. The highest BCUT2D eigenvalue weighted by atomic mass is 35.5. The maximum atomic E-state index is 12.7. The van der Waals surface area contributed by atoms with E-state index in [-0.39, 0.29) is 18.4 Å². The van der Waals surface area contributed by atoms with E-state index >= 15 is 0 Å². The number of halogens is 1. The van der Waals surface area contributed by atoms with E-state index in [1.165, 1.54) is 6.20 Å². The summed E-state index contributed by atoms with van der Waals surface area (Å²) in [7, 11) is 0. The van der Waals surface area contributed by atoms with Crippen LogP contribution < -0.4 is 0 Å². The molecule has 114 valence electrons. The smallest absolute Gasteiger partial charge is 0.308 e. The first-order valence-corrected chi connectivity index (χ1v) is 7.64. The zero-order valence-corrected chi connectivity index (χ0v) is 12.6. The Morgan fingerprint density at radius 3 is 2.71 bits per heavy atom. The Kier molecular flexibility index (Phi) is 3.65. The number of carbonyl (C=O) groups is 2. The third-order valence-electron chi connectivity index (χ3n) is 4.49. The van der Waals surface area contributed by atoms with Crippen LogP contribution in [0.2, 0.25) is 5.02 Å². The van der Waals surface area contributed by atoms with E-state index in [2.05, 4.69) is 5.10 Å². The predicted octanol–water partition coefficient (Wildman–Crippen LogP) is 1.74. The Bertz CT molecular complexity index is 582. The average molecular weight is 312 g/mol. The second kappa shape index (κ2) is 5.33. The van der Waals surface area contributed by atoms with Crippen LogP contribution >= 0.6 is 11.6 Å². The largest absolute Gasteiger partial charge is 0.481 e. The lowest BCUT2D eigenvalue weighted by atomic mass is 9.92. The minimum atomic E-state index is -0.808. The molecule has 0 unspecified atom stereocenters. The van der Waals surface area contributed by atoms with Crippen LogP contribution in [-0.2, 0) is 11.3 Å². The van der Waals surface area contributed by atoms with Crippen LogP contribution in [0.1, 0.15) is 30.3 Å². The average Bonchev–Trinajstić information content (AvgIpc) is 3.08. The zero-order valence-electron chi connectivity index (χ0n) is 11.8. The van der Waals surface area contributed by atoms with Crippen LogP contribution in [0.4, 0.5) is 0 Å². The molecule has 2 atom stereocenters. The highest BCUT2D eigenvalue weighted by molar-refractivity contribution is 6.33. The Morgan fingerprint density at radius 2 is 2.14 bits per heavy atom. The summed E-state index contributed by atoms with van der Waals surface area (Å²) in [6, 6.07) is 0. The number of aromatic nitrogens is 2. The number of nitrogens with zero attached hydrogens (tertiary/aromatic N) is 3. The van der Waals surface area contributed by atoms with Crippen molar-refractivity contribution in [2.24, 2.45) is 17.8 Å². The molecule has 1 aromatic heterocycles. The minimum Gasteiger partial charge on any atom is -0.481 e. The van der Waals surface area contributed by atoms with Gasteiger partial charge in [-0.3, -0.25) is 14.3 Å². The molecule has 1 saturated heterocycles. The number of likely N-dealkylation sites (tertiary alicyclic amines) is 1. The highest BCUT2D eigenvalue weighted by Crippen LogP contribution is 2.44. The van der Waals surface area contributed by atoms with Crippen molar-refractivity contribution in [1.82, 2.24) is 14.7 Å². The molecule has 6 nitrogen and oxygen atoms in total.